The molecule has 3 aromatic rings. The smallest absolute Gasteiger partial charge is 0.277 e. The van der Waals surface area contributed by atoms with Crippen molar-refractivity contribution in [2.45, 2.75) is 39.7 Å². The molecule has 0 fully saturated rings. The second kappa shape index (κ2) is 7.50. The molecule has 1 aliphatic carbocycles. The van der Waals surface area contributed by atoms with Crippen LogP contribution in [0.4, 0.5) is 5.69 Å². The highest BCUT2D eigenvalue weighted by atomic mass is 16.5. The number of carbonyl (C=O) groups is 1. The number of nitrogens with zero attached hydrogens (tertiary/aromatic N) is 3. The number of carbonyl (C=O) groups excluding carboxylic acids is 1. The summed E-state index contributed by atoms with van der Waals surface area (Å²) in [6.45, 7) is 4.66. The first kappa shape index (κ1) is 18.3. The van der Waals surface area contributed by atoms with Crippen molar-refractivity contribution in [3.8, 4) is 5.75 Å². The largest absolute Gasteiger partial charge is 0.494 e. The maximum Gasteiger partial charge on any atom is 0.277 e. The van der Waals surface area contributed by atoms with Gasteiger partial charge in [-0.2, -0.15) is 5.10 Å². The number of rotatable bonds is 5. The maximum absolute atomic E-state index is 13.0. The van der Waals surface area contributed by atoms with E-state index < -0.39 is 0 Å². The Labute approximate surface area is 162 Å². The van der Waals surface area contributed by atoms with Gasteiger partial charge in [0, 0.05) is 23.6 Å². The maximum atomic E-state index is 13.0. The number of hydrogen-bond donors (Lipinski definition) is 1. The standard InChI is InChI=1S/C21H24N4O3/c1-3-28-16-7-5-15(6-8-16)22-19(26)13-24-10-11-25-20(21(24)27)17-12-14(2)4-9-18(17)23-25/h5-8,10-11,14H,3-4,9,12-13H2,1-2H3,(H,22,26)/t14-/m1/s1. The van der Waals surface area contributed by atoms with Gasteiger partial charge in [-0.15, -0.1) is 0 Å². The van der Waals surface area contributed by atoms with Gasteiger partial charge in [0.1, 0.15) is 17.8 Å². The lowest BCUT2D eigenvalue weighted by molar-refractivity contribution is -0.116. The molecule has 0 spiro atoms. The zero-order chi connectivity index (χ0) is 19.7. The minimum Gasteiger partial charge on any atom is -0.494 e. The summed E-state index contributed by atoms with van der Waals surface area (Å²) in [6.07, 6.45) is 6.22. The number of hydrogen-bond acceptors (Lipinski definition) is 4. The summed E-state index contributed by atoms with van der Waals surface area (Å²) in [5.41, 5.74) is 3.13. The molecule has 28 heavy (non-hydrogen) atoms. The van der Waals surface area contributed by atoms with Gasteiger partial charge in [0.05, 0.1) is 12.3 Å². The lowest BCUT2D eigenvalue weighted by Crippen LogP contribution is -2.28. The van der Waals surface area contributed by atoms with E-state index in [0.29, 0.717) is 23.7 Å². The van der Waals surface area contributed by atoms with Crippen LogP contribution in [-0.4, -0.2) is 26.7 Å². The van der Waals surface area contributed by atoms with Gasteiger partial charge in [-0.05, 0) is 56.4 Å². The fourth-order valence-electron chi connectivity index (χ4n) is 3.73. The summed E-state index contributed by atoms with van der Waals surface area (Å²) in [4.78, 5) is 25.4. The minimum absolute atomic E-state index is 0.0436. The van der Waals surface area contributed by atoms with Crippen molar-refractivity contribution in [3.63, 3.8) is 0 Å². The molecule has 1 amide bonds. The Balaban J connectivity index is 1.54. The van der Waals surface area contributed by atoms with Gasteiger partial charge in [0.2, 0.25) is 5.91 Å². The van der Waals surface area contributed by atoms with Crippen molar-refractivity contribution < 1.29 is 9.53 Å². The highest BCUT2D eigenvalue weighted by Crippen LogP contribution is 2.26. The predicted molar refractivity (Wildman–Crippen MR) is 107 cm³/mol. The Morgan fingerprint density at radius 2 is 2.07 bits per heavy atom. The van der Waals surface area contributed by atoms with Gasteiger partial charge in [0.25, 0.3) is 5.56 Å². The van der Waals surface area contributed by atoms with Crippen LogP contribution in [0, 0.1) is 5.92 Å². The predicted octanol–water partition coefficient (Wildman–Crippen LogP) is 2.66. The van der Waals surface area contributed by atoms with E-state index in [1.165, 1.54) is 4.57 Å². The van der Waals surface area contributed by atoms with Crippen LogP contribution in [0.5, 0.6) is 5.75 Å². The third kappa shape index (κ3) is 3.52. The minimum atomic E-state index is -0.252. The van der Waals surface area contributed by atoms with Crippen LogP contribution >= 0.6 is 0 Å². The Morgan fingerprint density at radius 3 is 2.82 bits per heavy atom. The van der Waals surface area contributed by atoms with E-state index in [1.807, 2.05) is 6.92 Å². The number of aromatic nitrogens is 3. The van der Waals surface area contributed by atoms with Crippen molar-refractivity contribution in [1.82, 2.24) is 14.2 Å². The first-order chi connectivity index (χ1) is 13.5. The third-order valence-corrected chi connectivity index (χ3v) is 5.13. The Morgan fingerprint density at radius 1 is 1.29 bits per heavy atom. The molecule has 2 heterocycles. The van der Waals surface area contributed by atoms with E-state index in [9.17, 15) is 9.59 Å². The summed E-state index contributed by atoms with van der Waals surface area (Å²) >= 11 is 0. The van der Waals surface area contributed by atoms with E-state index in [4.69, 9.17) is 4.74 Å². The number of aryl methyl sites for hydroxylation is 1. The first-order valence-electron chi connectivity index (χ1n) is 9.67. The molecular weight excluding hydrogens is 356 g/mol. The van der Waals surface area contributed by atoms with Crippen molar-refractivity contribution >= 4 is 17.1 Å². The highest BCUT2D eigenvalue weighted by molar-refractivity contribution is 5.90. The summed E-state index contributed by atoms with van der Waals surface area (Å²) in [7, 11) is 0. The number of anilines is 1. The van der Waals surface area contributed by atoms with Gasteiger partial charge < -0.3 is 14.6 Å². The second-order valence-corrected chi connectivity index (χ2v) is 7.30. The molecule has 2 aromatic heterocycles. The average Bonchev–Trinajstić information content (AvgIpc) is 3.04. The Kier molecular flexibility index (Phi) is 4.90. The molecule has 146 valence electrons. The second-order valence-electron chi connectivity index (χ2n) is 7.30. The molecule has 0 bridgehead atoms. The molecule has 0 unspecified atom stereocenters. The quantitative estimate of drug-likeness (QED) is 0.738. The molecule has 1 N–H and O–H groups in total. The van der Waals surface area contributed by atoms with Crippen LogP contribution in [0.25, 0.3) is 5.52 Å². The number of ether oxygens (including phenoxy) is 1. The molecule has 1 aliphatic rings. The van der Waals surface area contributed by atoms with Crippen molar-refractivity contribution in [2.24, 2.45) is 5.92 Å². The van der Waals surface area contributed by atoms with E-state index in [2.05, 4.69) is 17.3 Å². The van der Waals surface area contributed by atoms with Crippen LogP contribution in [0.15, 0.2) is 41.5 Å². The van der Waals surface area contributed by atoms with Gasteiger partial charge in [-0.1, -0.05) is 6.92 Å². The van der Waals surface area contributed by atoms with E-state index in [-0.39, 0.29) is 18.0 Å². The van der Waals surface area contributed by atoms with Crippen LogP contribution < -0.4 is 15.6 Å². The van der Waals surface area contributed by atoms with Crippen LogP contribution in [0.1, 0.15) is 31.5 Å². The van der Waals surface area contributed by atoms with Crippen LogP contribution in [-0.2, 0) is 24.2 Å². The SMILES string of the molecule is CCOc1ccc(NC(=O)Cn2ccn3nc4c(c3c2=O)C[C@H](C)CC4)cc1. The summed E-state index contributed by atoms with van der Waals surface area (Å²) in [5.74, 6) is 1.04. The fourth-order valence-corrected chi connectivity index (χ4v) is 3.73. The number of fused-ring (bicyclic) bond motifs is 3. The Hall–Kier alpha value is -3.09. The normalized spacial score (nSPS) is 16.0. The molecular formula is C21H24N4O3. The highest BCUT2D eigenvalue weighted by Gasteiger charge is 2.23. The third-order valence-electron chi connectivity index (χ3n) is 5.13. The molecule has 0 radical (unpaired) electrons. The Bertz CT molecular complexity index is 1070. The number of amides is 1. The van der Waals surface area contributed by atoms with Crippen molar-refractivity contribution in [3.05, 3.63) is 58.3 Å². The van der Waals surface area contributed by atoms with Crippen LogP contribution in [0.3, 0.4) is 0 Å². The molecule has 7 nitrogen and oxygen atoms in total. The zero-order valence-electron chi connectivity index (χ0n) is 16.1. The van der Waals surface area contributed by atoms with E-state index >= 15 is 0 Å². The number of benzene rings is 1. The summed E-state index contributed by atoms with van der Waals surface area (Å²) in [6, 6.07) is 7.17. The zero-order valence-corrected chi connectivity index (χ0v) is 16.1. The topological polar surface area (TPSA) is 77.6 Å². The molecule has 1 atom stereocenters. The molecule has 7 heteroatoms. The summed E-state index contributed by atoms with van der Waals surface area (Å²) in [5, 5.41) is 7.37. The molecule has 0 saturated heterocycles. The van der Waals surface area contributed by atoms with Crippen molar-refractivity contribution in [1.29, 1.82) is 0 Å². The monoisotopic (exact) mass is 380 g/mol. The van der Waals surface area contributed by atoms with Crippen LogP contribution in [0.2, 0.25) is 0 Å². The fraction of sp³-hybridized carbons (Fsp3) is 0.381. The van der Waals surface area contributed by atoms with E-state index in [0.717, 1.165) is 36.3 Å². The summed E-state index contributed by atoms with van der Waals surface area (Å²) < 4.78 is 8.50. The van der Waals surface area contributed by atoms with Crippen molar-refractivity contribution in [2.75, 3.05) is 11.9 Å². The molecule has 1 aromatic carbocycles. The van der Waals surface area contributed by atoms with Gasteiger partial charge in [-0.3, -0.25) is 9.59 Å². The first-order valence-corrected chi connectivity index (χ1v) is 9.67. The van der Waals surface area contributed by atoms with Gasteiger partial charge in [-0.25, -0.2) is 4.52 Å². The lowest BCUT2D eigenvalue weighted by atomic mass is 9.88. The van der Waals surface area contributed by atoms with E-state index in [1.54, 1.807) is 41.2 Å². The molecule has 0 aliphatic heterocycles. The lowest BCUT2D eigenvalue weighted by Gasteiger charge is -2.16. The molecule has 0 saturated carbocycles. The molecule has 4 rings (SSSR count). The number of nitrogens with one attached hydrogen (secondary N) is 1. The average molecular weight is 380 g/mol. The van der Waals surface area contributed by atoms with Gasteiger partial charge in [0.15, 0.2) is 0 Å². The van der Waals surface area contributed by atoms with Gasteiger partial charge >= 0.3 is 0 Å².